The molecule has 0 radical (unpaired) electrons. The Labute approximate surface area is 162 Å². The number of para-hydroxylation sites is 1. The van der Waals surface area contributed by atoms with Gasteiger partial charge in [0.05, 0.1) is 6.26 Å². The summed E-state index contributed by atoms with van der Waals surface area (Å²) < 4.78 is 11.2. The number of rotatable bonds is 6. The smallest absolute Gasteiger partial charge is 0.348 e. The Morgan fingerprint density at radius 3 is 2.43 bits per heavy atom. The highest BCUT2D eigenvalue weighted by atomic mass is 16.5. The molecule has 3 aromatic rings. The third-order valence-corrected chi connectivity index (χ3v) is 4.96. The van der Waals surface area contributed by atoms with Crippen LogP contribution in [0.4, 0.5) is 0 Å². The predicted molar refractivity (Wildman–Crippen MR) is 102 cm³/mol. The van der Waals surface area contributed by atoms with Crippen molar-refractivity contribution in [2.75, 3.05) is 13.1 Å². The maximum atomic E-state index is 11.9. The Morgan fingerprint density at radius 1 is 1.11 bits per heavy atom. The highest BCUT2D eigenvalue weighted by Crippen LogP contribution is 2.30. The highest BCUT2D eigenvalue weighted by Gasteiger charge is 2.44. The summed E-state index contributed by atoms with van der Waals surface area (Å²) in [6.07, 6.45) is 5.99. The fourth-order valence-corrected chi connectivity index (χ4v) is 3.37. The number of carboxylic acid groups (broad SMARTS) is 1. The Balaban J connectivity index is 1.38. The van der Waals surface area contributed by atoms with E-state index in [4.69, 9.17) is 9.15 Å². The van der Waals surface area contributed by atoms with Crippen LogP contribution in [0.5, 0.6) is 5.75 Å². The number of hydrogen-bond donors (Lipinski definition) is 1. The second kappa shape index (κ2) is 7.82. The van der Waals surface area contributed by atoms with Crippen LogP contribution in [-0.4, -0.2) is 44.6 Å². The summed E-state index contributed by atoms with van der Waals surface area (Å²) in [4.78, 5) is 22.8. The lowest BCUT2D eigenvalue weighted by atomic mass is 9.91. The third-order valence-electron chi connectivity index (χ3n) is 4.96. The maximum Gasteiger partial charge on any atom is 0.348 e. The van der Waals surface area contributed by atoms with Crippen LogP contribution in [0.1, 0.15) is 18.4 Å². The molecule has 1 aliphatic rings. The van der Waals surface area contributed by atoms with E-state index in [1.54, 1.807) is 36.9 Å². The van der Waals surface area contributed by atoms with Gasteiger partial charge in [-0.15, -0.1) is 0 Å². The standard InChI is InChI=1S/C21H21N3O4/c25-20(26)21(28-17-5-2-1-3-6-17)8-10-24(11-9-21)15-16-13-22-19(23-14-16)18-7-4-12-27-18/h1-7,12-14H,8-11,15H2,(H,25,26). The minimum absolute atomic E-state index is 0.419. The molecule has 144 valence electrons. The van der Waals surface area contributed by atoms with Crippen molar-refractivity contribution in [3.63, 3.8) is 0 Å². The number of hydrogen-bond acceptors (Lipinski definition) is 6. The lowest BCUT2D eigenvalue weighted by Gasteiger charge is -2.38. The Bertz CT molecular complexity index is 903. The van der Waals surface area contributed by atoms with Crippen molar-refractivity contribution < 1.29 is 19.1 Å². The number of aliphatic carboxylic acids is 1. The molecule has 7 nitrogen and oxygen atoms in total. The summed E-state index contributed by atoms with van der Waals surface area (Å²) in [5.41, 5.74) is -0.209. The number of carboxylic acids is 1. The molecule has 1 aromatic carbocycles. The largest absolute Gasteiger partial charge is 0.478 e. The highest BCUT2D eigenvalue weighted by molar-refractivity contribution is 5.78. The number of furan rings is 1. The zero-order valence-electron chi connectivity index (χ0n) is 15.3. The van der Waals surface area contributed by atoms with Crippen molar-refractivity contribution in [3.05, 3.63) is 66.7 Å². The van der Waals surface area contributed by atoms with E-state index in [-0.39, 0.29) is 0 Å². The van der Waals surface area contributed by atoms with E-state index in [1.165, 1.54) is 0 Å². The molecule has 0 amide bonds. The number of ether oxygens (including phenoxy) is 1. The zero-order chi connectivity index (χ0) is 19.4. The number of likely N-dealkylation sites (tertiary alicyclic amines) is 1. The fourth-order valence-electron chi connectivity index (χ4n) is 3.37. The summed E-state index contributed by atoms with van der Waals surface area (Å²) in [6.45, 7) is 1.91. The lowest BCUT2D eigenvalue weighted by Crippen LogP contribution is -2.53. The van der Waals surface area contributed by atoms with Crippen LogP contribution >= 0.6 is 0 Å². The van der Waals surface area contributed by atoms with E-state index >= 15 is 0 Å². The van der Waals surface area contributed by atoms with E-state index in [1.807, 2.05) is 24.3 Å². The normalized spacial score (nSPS) is 16.6. The van der Waals surface area contributed by atoms with Crippen LogP contribution in [-0.2, 0) is 11.3 Å². The van der Waals surface area contributed by atoms with Crippen molar-refractivity contribution in [2.24, 2.45) is 0 Å². The van der Waals surface area contributed by atoms with Gasteiger partial charge >= 0.3 is 5.97 Å². The zero-order valence-corrected chi connectivity index (χ0v) is 15.3. The van der Waals surface area contributed by atoms with Gasteiger partial charge < -0.3 is 14.3 Å². The average Bonchev–Trinajstić information content (AvgIpc) is 3.26. The van der Waals surface area contributed by atoms with E-state index in [0.717, 1.165) is 5.56 Å². The first-order valence-electron chi connectivity index (χ1n) is 9.19. The molecule has 0 spiro atoms. The second-order valence-corrected chi connectivity index (χ2v) is 6.88. The summed E-state index contributed by atoms with van der Waals surface area (Å²) in [6, 6.07) is 12.7. The first-order chi connectivity index (χ1) is 13.6. The van der Waals surface area contributed by atoms with Gasteiger partial charge in [0.2, 0.25) is 5.60 Å². The van der Waals surface area contributed by atoms with Crippen LogP contribution < -0.4 is 4.74 Å². The maximum absolute atomic E-state index is 11.9. The molecular weight excluding hydrogens is 358 g/mol. The van der Waals surface area contributed by atoms with Crippen LogP contribution in [0.2, 0.25) is 0 Å². The monoisotopic (exact) mass is 379 g/mol. The van der Waals surface area contributed by atoms with Gasteiger partial charge in [-0.1, -0.05) is 18.2 Å². The molecule has 0 unspecified atom stereocenters. The second-order valence-electron chi connectivity index (χ2n) is 6.88. The molecule has 1 saturated heterocycles. The number of carbonyl (C=O) groups is 1. The number of benzene rings is 1. The third kappa shape index (κ3) is 3.89. The average molecular weight is 379 g/mol. The lowest BCUT2D eigenvalue weighted by molar-refractivity contribution is -0.159. The van der Waals surface area contributed by atoms with Gasteiger partial charge in [-0.05, 0) is 24.3 Å². The molecule has 7 heteroatoms. The van der Waals surface area contributed by atoms with E-state index < -0.39 is 11.6 Å². The molecule has 1 fully saturated rings. The molecule has 2 aromatic heterocycles. The van der Waals surface area contributed by atoms with Gasteiger partial charge in [-0.2, -0.15) is 0 Å². The van der Waals surface area contributed by atoms with Crippen molar-refractivity contribution in [1.82, 2.24) is 14.9 Å². The van der Waals surface area contributed by atoms with Crippen LogP contribution in [0.25, 0.3) is 11.6 Å². The minimum Gasteiger partial charge on any atom is -0.478 e. The number of piperidine rings is 1. The summed E-state index contributed by atoms with van der Waals surface area (Å²) in [5, 5.41) is 9.77. The van der Waals surface area contributed by atoms with Gasteiger partial charge in [-0.3, -0.25) is 4.90 Å². The molecule has 1 aliphatic heterocycles. The van der Waals surface area contributed by atoms with Crippen molar-refractivity contribution in [1.29, 1.82) is 0 Å². The SMILES string of the molecule is O=C(O)C1(Oc2ccccc2)CCN(Cc2cnc(-c3ccco3)nc2)CC1. The van der Waals surface area contributed by atoms with E-state index in [2.05, 4.69) is 14.9 Å². The Hall–Kier alpha value is -3.19. The molecule has 1 N–H and O–H groups in total. The van der Waals surface area contributed by atoms with Crippen LogP contribution in [0.15, 0.2) is 65.5 Å². The van der Waals surface area contributed by atoms with Crippen LogP contribution in [0, 0.1) is 0 Å². The molecule has 28 heavy (non-hydrogen) atoms. The van der Waals surface area contributed by atoms with Crippen molar-refractivity contribution in [3.8, 4) is 17.3 Å². The molecule has 0 aliphatic carbocycles. The molecule has 0 bridgehead atoms. The number of aromatic nitrogens is 2. The Kier molecular flexibility index (Phi) is 5.08. The van der Waals surface area contributed by atoms with E-state index in [9.17, 15) is 9.90 Å². The summed E-state index contributed by atoms with van der Waals surface area (Å²) in [7, 11) is 0. The van der Waals surface area contributed by atoms with Gasteiger partial charge in [0.1, 0.15) is 5.75 Å². The van der Waals surface area contributed by atoms with Crippen LogP contribution in [0.3, 0.4) is 0 Å². The fraction of sp³-hybridized carbons (Fsp3) is 0.286. The van der Waals surface area contributed by atoms with Gasteiger partial charge in [0.15, 0.2) is 11.6 Å². The molecule has 3 heterocycles. The summed E-state index contributed by atoms with van der Waals surface area (Å²) >= 11 is 0. The van der Waals surface area contributed by atoms with Gasteiger partial charge in [-0.25, -0.2) is 14.8 Å². The van der Waals surface area contributed by atoms with Gasteiger partial charge in [0.25, 0.3) is 0 Å². The number of nitrogens with zero attached hydrogens (tertiary/aromatic N) is 3. The molecule has 4 rings (SSSR count). The quantitative estimate of drug-likeness (QED) is 0.703. The minimum atomic E-state index is -1.18. The topological polar surface area (TPSA) is 88.7 Å². The Morgan fingerprint density at radius 2 is 1.82 bits per heavy atom. The molecule has 0 saturated carbocycles. The van der Waals surface area contributed by atoms with Crippen molar-refractivity contribution in [2.45, 2.75) is 25.0 Å². The first-order valence-corrected chi connectivity index (χ1v) is 9.19. The van der Waals surface area contributed by atoms with Gasteiger partial charge in [0, 0.05) is 50.4 Å². The predicted octanol–water partition coefficient (Wildman–Crippen LogP) is 3.23. The van der Waals surface area contributed by atoms with E-state index in [0.29, 0.717) is 49.8 Å². The molecule has 0 atom stereocenters. The molecular formula is C21H21N3O4. The van der Waals surface area contributed by atoms with Crippen molar-refractivity contribution >= 4 is 5.97 Å². The summed E-state index contributed by atoms with van der Waals surface area (Å²) in [5.74, 6) is 0.852. The first kappa shape index (κ1) is 18.2.